The molecule has 0 aliphatic rings. The van der Waals surface area contributed by atoms with Crippen LogP contribution >= 0.6 is 0 Å². The number of carbonyl (C=O) groups is 1. The van der Waals surface area contributed by atoms with Crippen LogP contribution in [0.1, 0.15) is 24.8 Å². The van der Waals surface area contributed by atoms with Gasteiger partial charge in [0, 0.05) is 17.0 Å². The lowest BCUT2D eigenvalue weighted by molar-refractivity contribution is -0.134. The number of carbonyl (C=O) groups excluding carboxylic acids is 1. The van der Waals surface area contributed by atoms with E-state index in [2.05, 4.69) is 27.3 Å². The quantitative estimate of drug-likeness (QED) is 0.152. The Bertz CT molecular complexity index is 1490. The van der Waals surface area contributed by atoms with E-state index < -0.39 is 0 Å². The first-order valence-electron chi connectivity index (χ1n) is 11.2. The van der Waals surface area contributed by atoms with Gasteiger partial charge in [0.2, 0.25) is 0 Å². The summed E-state index contributed by atoms with van der Waals surface area (Å²) >= 11 is 0. The van der Waals surface area contributed by atoms with Gasteiger partial charge in [-0.1, -0.05) is 73.7 Å². The molecule has 0 spiro atoms. The topological polar surface area (TPSA) is 63.9 Å². The van der Waals surface area contributed by atoms with E-state index in [1.165, 1.54) is 0 Å². The molecule has 5 heteroatoms. The highest BCUT2D eigenvalue weighted by Gasteiger charge is 2.16. The van der Waals surface area contributed by atoms with Gasteiger partial charge in [-0.2, -0.15) is 0 Å². The molecule has 0 saturated heterocycles. The fraction of sp³-hybridized carbons (Fsp3) is 0.103. The third-order valence-electron chi connectivity index (χ3n) is 5.81. The monoisotopic (exact) mass is 445 g/mol. The molecule has 34 heavy (non-hydrogen) atoms. The molecule has 0 bridgehead atoms. The molecule has 1 aromatic heterocycles. The smallest absolute Gasteiger partial charge is 0.311 e. The molecule has 5 rings (SSSR count). The zero-order valence-corrected chi connectivity index (χ0v) is 18.8. The first-order chi connectivity index (χ1) is 16.7. The minimum Gasteiger partial charge on any atom is -0.424 e. The van der Waals surface area contributed by atoms with Crippen molar-refractivity contribution in [2.45, 2.75) is 19.3 Å². The van der Waals surface area contributed by atoms with Crippen LogP contribution in [0.5, 0.6) is 5.75 Å². The SMILES string of the molecule is C[C@@H](CC(=O)Oc1ccc(N=Nc2cccc3ccccc23)c2cccnc12)c1ccccc1. The number of rotatable bonds is 6. The number of aromatic nitrogens is 1. The molecule has 1 atom stereocenters. The molecule has 0 aliphatic carbocycles. The highest BCUT2D eigenvalue weighted by atomic mass is 16.5. The van der Waals surface area contributed by atoms with E-state index in [1.807, 2.05) is 85.8 Å². The lowest BCUT2D eigenvalue weighted by Crippen LogP contribution is -2.12. The van der Waals surface area contributed by atoms with Crippen molar-refractivity contribution >= 4 is 39.0 Å². The van der Waals surface area contributed by atoms with Gasteiger partial charge in [0.05, 0.1) is 17.8 Å². The largest absolute Gasteiger partial charge is 0.424 e. The zero-order chi connectivity index (χ0) is 23.3. The summed E-state index contributed by atoms with van der Waals surface area (Å²) in [5.74, 6) is 0.181. The van der Waals surface area contributed by atoms with E-state index in [9.17, 15) is 4.79 Å². The lowest BCUT2D eigenvalue weighted by atomic mass is 9.98. The van der Waals surface area contributed by atoms with Crippen LogP contribution in [-0.4, -0.2) is 11.0 Å². The molecule has 1 heterocycles. The van der Waals surface area contributed by atoms with Crippen LogP contribution in [0, 0.1) is 0 Å². The van der Waals surface area contributed by atoms with Crippen LogP contribution in [0.4, 0.5) is 11.4 Å². The van der Waals surface area contributed by atoms with Gasteiger partial charge in [-0.25, -0.2) is 0 Å². The zero-order valence-electron chi connectivity index (χ0n) is 18.8. The van der Waals surface area contributed by atoms with Crippen molar-refractivity contribution in [3.8, 4) is 5.75 Å². The Balaban J connectivity index is 1.41. The number of nitrogens with zero attached hydrogens (tertiary/aromatic N) is 3. The average Bonchev–Trinajstić information content (AvgIpc) is 2.88. The van der Waals surface area contributed by atoms with Gasteiger partial charge in [0.15, 0.2) is 5.75 Å². The highest BCUT2D eigenvalue weighted by Crippen LogP contribution is 2.34. The van der Waals surface area contributed by atoms with Crippen molar-refractivity contribution in [1.82, 2.24) is 4.98 Å². The van der Waals surface area contributed by atoms with Crippen molar-refractivity contribution in [2.75, 3.05) is 0 Å². The van der Waals surface area contributed by atoms with Crippen molar-refractivity contribution in [2.24, 2.45) is 10.2 Å². The van der Waals surface area contributed by atoms with Gasteiger partial charge >= 0.3 is 5.97 Å². The second kappa shape index (κ2) is 9.63. The molecular formula is C29H23N3O2. The Kier molecular flexibility index (Phi) is 6.08. The van der Waals surface area contributed by atoms with Crippen molar-refractivity contribution < 1.29 is 9.53 Å². The summed E-state index contributed by atoms with van der Waals surface area (Å²) in [6.45, 7) is 2.02. The fourth-order valence-electron chi connectivity index (χ4n) is 4.02. The van der Waals surface area contributed by atoms with Crippen LogP contribution in [0.3, 0.4) is 0 Å². The lowest BCUT2D eigenvalue weighted by Gasteiger charge is -2.12. The molecule has 0 unspecified atom stereocenters. The Morgan fingerprint density at radius 1 is 0.794 bits per heavy atom. The van der Waals surface area contributed by atoms with E-state index in [0.717, 1.165) is 27.4 Å². The molecule has 0 fully saturated rings. The minimum atomic E-state index is -0.298. The van der Waals surface area contributed by atoms with Crippen LogP contribution in [0.25, 0.3) is 21.7 Å². The van der Waals surface area contributed by atoms with Crippen LogP contribution in [0.2, 0.25) is 0 Å². The number of pyridine rings is 1. The molecule has 0 aliphatic heterocycles. The summed E-state index contributed by atoms with van der Waals surface area (Å²) in [6, 6.07) is 31.3. The molecular weight excluding hydrogens is 422 g/mol. The van der Waals surface area contributed by atoms with E-state index in [-0.39, 0.29) is 18.3 Å². The summed E-state index contributed by atoms with van der Waals surface area (Å²) in [5, 5.41) is 11.9. The Hall–Kier alpha value is -4.38. The van der Waals surface area contributed by atoms with Crippen molar-refractivity contribution in [3.63, 3.8) is 0 Å². The summed E-state index contributed by atoms with van der Waals surface area (Å²) in [4.78, 5) is 17.1. The van der Waals surface area contributed by atoms with Crippen LogP contribution in [0.15, 0.2) is 113 Å². The maximum Gasteiger partial charge on any atom is 0.311 e. The van der Waals surface area contributed by atoms with Gasteiger partial charge in [-0.05, 0) is 47.2 Å². The number of azo groups is 1. The number of ether oxygens (including phenoxy) is 1. The molecule has 0 amide bonds. The third kappa shape index (κ3) is 4.55. The Morgan fingerprint density at radius 2 is 1.50 bits per heavy atom. The van der Waals surface area contributed by atoms with E-state index in [1.54, 1.807) is 12.3 Å². The first-order valence-corrected chi connectivity index (χ1v) is 11.2. The summed E-state index contributed by atoms with van der Waals surface area (Å²) < 4.78 is 5.72. The van der Waals surface area contributed by atoms with E-state index in [0.29, 0.717) is 17.0 Å². The number of hydrogen-bond donors (Lipinski definition) is 0. The third-order valence-corrected chi connectivity index (χ3v) is 5.81. The molecule has 4 aromatic carbocycles. The van der Waals surface area contributed by atoms with Crippen LogP contribution in [-0.2, 0) is 4.79 Å². The predicted molar refractivity (Wildman–Crippen MR) is 135 cm³/mol. The van der Waals surface area contributed by atoms with Gasteiger partial charge in [-0.3, -0.25) is 9.78 Å². The number of fused-ring (bicyclic) bond motifs is 2. The molecule has 166 valence electrons. The van der Waals surface area contributed by atoms with E-state index >= 15 is 0 Å². The normalized spacial score (nSPS) is 12.3. The highest BCUT2D eigenvalue weighted by molar-refractivity contribution is 5.95. The molecule has 0 radical (unpaired) electrons. The summed E-state index contributed by atoms with van der Waals surface area (Å²) in [5.41, 5.74) is 3.14. The molecule has 0 N–H and O–H groups in total. The second-order valence-electron chi connectivity index (χ2n) is 8.17. The van der Waals surface area contributed by atoms with Crippen molar-refractivity contribution in [3.05, 3.63) is 109 Å². The second-order valence-corrected chi connectivity index (χ2v) is 8.17. The average molecular weight is 446 g/mol. The number of hydrogen-bond acceptors (Lipinski definition) is 5. The maximum atomic E-state index is 12.7. The van der Waals surface area contributed by atoms with Gasteiger partial charge < -0.3 is 4.74 Å². The summed E-state index contributed by atoms with van der Waals surface area (Å²) in [6.07, 6.45) is 1.96. The Morgan fingerprint density at radius 3 is 2.35 bits per heavy atom. The molecule has 5 nitrogen and oxygen atoms in total. The standard InChI is InChI=1S/C29H23N3O2/c1-20(21-9-3-2-4-10-21)19-28(33)34-27-17-16-26(24-14-8-18-30-29(24)27)32-31-25-15-7-12-22-11-5-6-13-23(22)25/h2-18,20H,19H2,1H3/t20-/m0/s1. The predicted octanol–water partition coefficient (Wildman–Crippen LogP) is 7.90. The fourth-order valence-corrected chi connectivity index (χ4v) is 4.02. The minimum absolute atomic E-state index is 0.0571. The van der Waals surface area contributed by atoms with E-state index in [4.69, 9.17) is 4.74 Å². The maximum absolute atomic E-state index is 12.7. The molecule has 0 saturated carbocycles. The number of benzene rings is 4. The summed E-state index contributed by atoms with van der Waals surface area (Å²) in [7, 11) is 0. The molecule has 5 aromatic rings. The van der Waals surface area contributed by atoms with Gasteiger partial charge in [0.1, 0.15) is 5.52 Å². The van der Waals surface area contributed by atoms with Gasteiger partial charge in [-0.15, -0.1) is 10.2 Å². The van der Waals surface area contributed by atoms with Crippen molar-refractivity contribution in [1.29, 1.82) is 0 Å². The number of esters is 1. The first kappa shape index (κ1) is 21.5. The van der Waals surface area contributed by atoms with Crippen LogP contribution < -0.4 is 4.74 Å². The van der Waals surface area contributed by atoms with Gasteiger partial charge in [0.25, 0.3) is 0 Å². The Labute approximate surface area is 197 Å².